The number of rotatable bonds is 11. The van der Waals surface area contributed by atoms with Gasteiger partial charge in [-0.25, -0.2) is 0 Å². The Morgan fingerprint density at radius 2 is 1.41 bits per heavy atom. The lowest BCUT2D eigenvalue weighted by Gasteiger charge is -2.30. The van der Waals surface area contributed by atoms with Crippen LogP contribution in [-0.4, -0.2) is 12.6 Å². The van der Waals surface area contributed by atoms with Crippen LogP contribution in [0.15, 0.2) is 0 Å². The van der Waals surface area contributed by atoms with Gasteiger partial charge < -0.3 is 5.32 Å². The van der Waals surface area contributed by atoms with E-state index in [0.29, 0.717) is 0 Å². The van der Waals surface area contributed by atoms with Crippen molar-refractivity contribution in [3.63, 3.8) is 0 Å². The summed E-state index contributed by atoms with van der Waals surface area (Å²) in [5.41, 5.74) is 0. The topological polar surface area (TPSA) is 12.0 Å². The Balaban J connectivity index is 4.12. The summed E-state index contributed by atoms with van der Waals surface area (Å²) in [4.78, 5) is 0. The van der Waals surface area contributed by atoms with Crippen LogP contribution in [0.2, 0.25) is 0 Å². The number of hydrogen-bond acceptors (Lipinski definition) is 1. The Kier molecular flexibility index (Phi) is 11.0. The molecule has 0 fully saturated rings. The number of unbranched alkanes of at least 4 members (excludes halogenated alkanes) is 2. The van der Waals surface area contributed by atoms with Crippen LogP contribution in [0.3, 0.4) is 0 Å². The van der Waals surface area contributed by atoms with Crippen LogP contribution in [-0.2, 0) is 0 Å². The molecular formula is C16H35N. The second-order valence-electron chi connectivity index (χ2n) is 5.68. The van der Waals surface area contributed by atoms with Crippen molar-refractivity contribution in [2.24, 2.45) is 11.8 Å². The van der Waals surface area contributed by atoms with Gasteiger partial charge in [-0.05, 0) is 31.2 Å². The highest BCUT2D eigenvalue weighted by Crippen LogP contribution is 2.23. The maximum absolute atomic E-state index is 3.76. The predicted octanol–water partition coefficient (Wildman–Crippen LogP) is 5.01. The van der Waals surface area contributed by atoms with Gasteiger partial charge in [-0.3, -0.25) is 0 Å². The van der Waals surface area contributed by atoms with Gasteiger partial charge in [0.2, 0.25) is 0 Å². The van der Waals surface area contributed by atoms with Crippen molar-refractivity contribution in [3.05, 3.63) is 0 Å². The summed E-state index contributed by atoms with van der Waals surface area (Å²) in [6.07, 6.45) is 9.41. The molecule has 1 nitrogen and oxygen atoms in total. The predicted molar refractivity (Wildman–Crippen MR) is 79.5 cm³/mol. The van der Waals surface area contributed by atoms with E-state index in [1.54, 1.807) is 0 Å². The first-order valence-corrected chi connectivity index (χ1v) is 7.90. The van der Waals surface area contributed by atoms with Gasteiger partial charge in [0, 0.05) is 6.04 Å². The third-order valence-electron chi connectivity index (χ3n) is 4.07. The van der Waals surface area contributed by atoms with E-state index in [4.69, 9.17) is 0 Å². The fraction of sp³-hybridized carbons (Fsp3) is 1.00. The molecule has 0 rings (SSSR count). The third kappa shape index (κ3) is 7.81. The summed E-state index contributed by atoms with van der Waals surface area (Å²) in [5.74, 6) is 1.68. The van der Waals surface area contributed by atoms with Crippen molar-refractivity contribution in [2.45, 2.75) is 85.6 Å². The van der Waals surface area contributed by atoms with Crippen LogP contribution in [0.5, 0.6) is 0 Å². The van der Waals surface area contributed by atoms with Crippen molar-refractivity contribution in [1.82, 2.24) is 5.32 Å². The Bertz CT molecular complexity index is 148. The smallest absolute Gasteiger partial charge is 0.00952 e. The average Bonchev–Trinajstić information content (AvgIpc) is 2.35. The van der Waals surface area contributed by atoms with Gasteiger partial charge >= 0.3 is 0 Å². The number of nitrogens with one attached hydrogen (secondary N) is 1. The van der Waals surface area contributed by atoms with Crippen LogP contribution >= 0.6 is 0 Å². The lowest BCUT2D eigenvalue weighted by Crippen LogP contribution is -2.38. The minimum absolute atomic E-state index is 0.738. The van der Waals surface area contributed by atoms with Crippen molar-refractivity contribution in [1.29, 1.82) is 0 Å². The highest BCUT2D eigenvalue weighted by atomic mass is 14.9. The largest absolute Gasteiger partial charge is 0.314 e. The van der Waals surface area contributed by atoms with Gasteiger partial charge in [0.05, 0.1) is 0 Å². The summed E-state index contributed by atoms with van der Waals surface area (Å²) in [6.45, 7) is 12.9. The summed E-state index contributed by atoms with van der Waals surface area (Å²) in [7, 11) is 0. The molecule has 0 radical (unpaired) electrons. The Hall–Kier alpha value is -0.0400. The van der Waals surface area contributed by atoms with E-state index in [9.17, 15) is 0 Å². The van der Waals surface area contributed by atoms with E-state index < -0.39 is 0 Å². The Morgan fingerprint density at radius 3 is 1.94 bits per heavy atom. The van der Waals surface area contributed by atoms with Gasteiger partial charge in [0.1, 0.15) is 0 Å². The normalized spacial score (nSPS) is 16.8. The summed E-state index contributed by atoms with van der Waals surface area (Å²) in [5, 5.41) is 3.76. The molecule has 0 saturated carbocycles. The molecule has 1 N–H and O–H groups in total. The maximum atomic E-state index is 3.76. The van der Waals surface area contributed by atoms with Crippen LogP contribution in [0.1, 0.15) is 79.6 Å². The maximum Gasteiger partial charge on any atom is 0.00952 e. The summed E-state index contributed by atoms with van der Waals surface area (Å²) < 4.78 is 0. The zero-order valence-electron chi connectivity index (χ0n) is 12.9. The molecule has 0 bridgehead atoms. The van der Waals surface area contributed by atoms with Gasteiger partial charge in [-0.15, -0.1) is 0 Å². The van der Waals surface area contributed by atoms with Crippen molar-refractivity contribution < 1.29 is 0 Å². The van der Waals surface area contributed by atoms with Crippen LogP contribution in [0.25, 0.3) is 0 Å². The Morgan fingerprint density at radius 1 is 0.824 bits per heavy atom. The summed E-state index contributed by atoms with van der Waals surface area (Å²) >= 11 is 0. The van der Waals surface area contributed by atoms with E-state index in [0.717, 1.165) is 17.9 Å². The molecule has 0 unspecified atom stereocenters. The minimum Gasteiger partial charge on any atom is -0.314 e. The average molecular weight is 241 g/mol. The highest BCUT2D eigenvalue weighted by Gasteiger charge is 2.21. The van der Waals surface area contributed by atoms with E-state index in [2.05, 4.69) is 39.9 Å². The second-order valence-corrected chi connectivity index (χ2v) is 5.68. The van der Waals surface area contributed by atoms with E-state index >= 15 is 0 Å². The molecule has 0 aliphatic rings. The highest BCUT2D eigenvalue weighted by molar-refractivity contribution is 4.77. The molecule has 0 amide bonds. The van der Waals surface area contributed by atoms with Crippen LogP contribution < -0.4 is 5.32 Å². The van der Waals surface area contributed by atoms with Crippen LogP contribution in [0.4, 0.5) is 0 Å². The van der Waals surface area contributed by atoms with Crippen molar-refractivity contribution in [2.75, 3.05) is 6.54 Å². The van der Waals surface area contributed by atoms with Crippen molar-refractivity contribution >= 4 is 0 Å². The first-order valence-electron chi connectivity index (χ1n) is 7.90. The minimum atomic E-state index is 0.738. The van der Waals surface area contributed by atoms with E-state index in [1.165, 1.54) is 51.5 Å². The lowest BCUT2D eigenvalue weighted by molar-refractivity contribution is 0.253. The molecule has 104 valence electrons. The summed E-state index contributed by atoms with van der Waals surface area (Å²) in [6, 6.07) is 0.738. The molecule has 0 aromatic carbocycles. The fourth-order valence-corrected chi connectivity index (χ4v) is 2.49. The SMILES string of the molecule is CCCC[C@@H](C)[C@H](C)[C@@H](CCCC)NCCC. The van der Waals surface area contributed by atoms with E-state index in [1.807, 2.05) is 0 Å². The molecule has 0 spiro atoms. The standard InChI is InChI=1S/C16H35N/c1-6-9-11-14(4)15(5)16(12-10-7-2)17-13-8-3/h14-17H,6-13H2,1-5H3/t14-,15+,16-/m1/s1. The molecule has 0 aliphatic carbocycles. The molecule has 3 atom stereocenters. The molecule has 0 aromatic rings. The Labute approximate surface area is 110 Å². The molecule has 1 heteroatoms. The first kappa shape index (κ1) is 17.0. The molecule has 0 saturated heterocycles. The molecule has 0 aliphatic heterocycles. The fourth-order valence-electron chi connectivity index (χ4n) is 2.49. The zero-order valence-corrected chi connectivity index (χ0v) is 12.9. The zero-order chi connectivity index (χ0) is 13.1. The first-order chi connectivity index (χ1) is 8.17. The van der Waals surface area contributed by atoms with Gasteiger partial charge in [0.25, 0.3) is 0 Å². The second kappa shape index (κ2) is 11.1. The molecule has 17 heavy (non-hydrogen) atoms. The van der Waals surface area contributed by atoms with Gasteiger partial charge in [-0.1, -0.05) is 66.7 Å². The lowest BCUT2D eigenvalue weighted by atomic mass is 9.83. The van der Waals surface area contributed by atoms with E-state index in [-0.39, 0.29) is 0 Å². The monoisotopic (exact) mass is 241 g/mol. The molecule has 0 aromatic heterocycles. The molecule has 0 heterocycles. The van der Waals surface area contributed by atoms with Crippen LogP contribution in [0, 0.1) is 11.8 Å². The quantitative estimate of drug-likeness (QED) is 0.536. The van der Waals surface area contributed by atoms with Gasteiger partial charge in [-0.2, -0.15) is 0 Å². The number of hydrogen-bond donors (Lipinski definition) is 1. The van der Waals surface area contributed by atoms with Crippen molar-refractivity contribution in [3.8, 4) is 0 Å². The van der Waals surface area contributed by atoms with Gasteiger partial charge in [0.15, 0.2) is 0 Å². The third-order valence-corrected chi connectivity index (χ3v) is 4.07. The molecular weight excluding hydrogens is 206 g/mol.